The number of amides is 1. The maximum Gasteiger partial charge on any atom is 0.416 e. The smallest absolute Gasteiger partial charge is 0.380 e. The van der Waals surface area contributed by atoms with E-state index < -0.39 is 33.4 Å². The number of carbonyl (C=O) groups is 1. The maximum atomic E-state index is 13.0. The number of nitrogens with two attached hydrogens (primary N) is 1. The van der Waals surface area contributed by atoms with Crippen LogP contribution in [-0.2, 0) is 25.5 Å². The summed E-state index contributed by atoms with van der Waals surface area (Å²) in [5.74, 6) is -0.811. The minimum Gasteiger partial charge on any atom is -0.380 e. The summed E-state index contributed by atoms with van der Waals surface area (Å²) in [4.78, 5) is 19.3. The average Bonchev–Trinajstić information content (AvgIpc) is 3.36. The molecule has 2 unspecified atom stereocenters. The van der Waals surface area contributed by atoms with Gasteiger partial charge in [-0.25, -0.2) is 13.4 Å². The molecule has 214 valence electrons. The Kier molecular flexibility index (Phi) is 8.84. The van der Waals surface area contributed by atoms with Crippen molar-refractivity contribution >= 4 is 21.6 Å². The Morgan fingerprint density at radius 1 is 1.05 bits per heavy atom. The molecule has 2 heterocycles. The molecule has 7 nitrogen and oxygen atoms in total. The van der Waals surface area contributed by atoms with E-state index >= 15 is 0 Å². The second kappa shape index (κ2) is 12.0. The Hall–Kier alpha value is -3.44. The van der Waals surface area contributed by atoms with Gasteiger partial charge in [0.2, 0.25) is 5.91 Å². The number of benzene rings is 2. The van der Waals surface area contributed by atoms with E-state index in [2.05, 4.69) is 9.88 Å². The van der Waals surface area contributed by atoms with Crippen molar-refractivity contribution < 1.29 is 31.1 Å². The Morgan fingerprint density at radius 3 is 2.23 bits per heavy atom. The number of carbonyl (C=O) groups excluding carboxylic acids is 1. The van der Waals surface area contributed by atoms with Gasteiger partial charge in [-0.15, -0.1) is 0 Å². The minimum absolute atomic E-state index is 0.00880. The highest BCUT2D eigenvalue weighted by atomic mass is 32.2. The molecule has 1 aliphatic rings. The fraction of sp³-hybridized carbons (Fsp3) is 0.379. The van der Waals surface area contributed by atoms with Crippen molar-refractivity contribution in [3.05, 3.63) is 89.1 Å². The number of rotatable bonds is 10. The Morgan fingerprint density at radius 2 is 1.70 bits per heavy atom. The van der Waals surface area contributed by atoms with Crippen LogP contribution in [0.5, 0.6) is 0 Å². The van der Waals surface area contributed by atoms with Crippen LogP contribution >= 0.6 is 0 Å². The van der Waals surface area contributed by atoms with Crippen LogP contribution < -0.4 is 10.6 Å². The monoisotopic (exact) mass is 575 g/mol. The fourth-order valence-electron chi connectivity index (χ4n) is 5.09. The first-order valence-corrected chi connectivity index (χ1v) is 14.7. The van der Waals surface area contributed by atoms with E-state index in [-0.39, 0.29) is 22.6 Å². The third-order valence-corrected chi connectivity index (χ3v) is 9.02. The average molecular weight is 576 g/mol. The van der Waals surface area contributed by atoms with Crippen LogP contribution in [0.3, 0.4) is 0 Å². The van der Waals surface area contributed by atoms with Gasteiger partial charge in [-0.05, 0) is 60.4 Å². The predicted molar refractivity (Wildman–Crippen MR) is 146 cm³/mol. The van der Waals surface area contributed by atoms with Gasteiger partial charge in [-0.1, -0.05) is 37.3 Å². The van der Waals surface area contributed by atoms with Crippen LogP contribution in [0.2, 0.25) is 0 Å². The second-order valence-corrected chi connectivity index (χ2v) is 12.1. The van der Waals surface area contributed by atoms with Gasteiger partial charge in [0.15, 0.2) is 9.84 Å². The van der Waals surface area contributed by atoms with Crippen LogP contribution in [0.4, 0.5) is 19.0 Å². The van der Waals surface area contributed by atoms with Crippen LogP contribution in [0, 0.1) is 0 Å². The maximum absolute atomic E-state index is 13.0. The Balaban J connectivity index is 1.57. The van der Waals surface area contributed by atoms with Crippen LogP contribution in [0.25, 0.3) is 0 Å². The number of ether oxygens (including phenoxy) is 1. The molecule has 2 aromatic carbocycles. The van der Waals surface area contributed by atoms with Crippen molar-refractivity contribution in [1.29, 1.82) is 0 Å². The molecule has 3 aromatic rings. The number of hydrogen-bond acceptors (Lipinski definition) is 6. The molecule has 1 fully saturated rings. The van der Waals surface area contributed by atoms with Gasteiger partial charge in [0.1, 0.15) is 5.82 Å². The SMILES string of the molecule is CCOC[C@@H]1CC(c2ccc(C(F)(F)F)cc2)CN1c1ccc(C(C(N)=O)c2ccc(S(=O)(=O)CC)cc2)cn1. The summed E-state index contributed by atoms with van der Waals surface area (Å²) in [6.07, 6.45) is -2.13. The first-order valence-electron chi connectivity index (χ1n) is 13.0. The molecule has 11 heteroatoms. The van der Waals surface area contributed by atoms with E-state index in [1.165, 1.54) is 24.3 Å². The normalized spacial score (nSPS) is 18.6. The molecule has 1 amide bonds. The lowest BCUT2D eigenvalue weighted by atomic mass is 9.92. The van der Waals surface area contributed by atoms with Crippen molar-refractivity contribution in [3.63, 3.8) is 0 Å². The standard InChI is InChI=1S/C29H32F3N3O4S/c1-3-39-18-24-15-22(19-5-10-23(11-6-19)29(30,31)32)17-35(24)26-14-9-21(16-34-26)27(28(33)36)20-7-12-25(13-8-20)40(37,38)4-2/h5-14,16,22,24,27H,3-4,15,17-18H2,1-2H3,(H2,33,36)/t22?,24-,27?/m0/s1. The van der Waals surface area contributed by atoms with Gasteiger partial charge in [0.25, 0.3) is 0 Å². The zero-order chi connectivity index (χ0) is 29.1. The highest BCUT2D eigenvalue weighted by Crippen LogP contribution is 2.37. The summed E-state index contributed by atoms with van der Waals surface area (Å²) in [6.45, 7) is 4.97. The topological polar surface area (TPSA) is 103 Å². The first-order chi connectivity index (χ1) is 18.9. The molecule has 0 saturated carbocycles. The molecule has 1 aromatic heterocycles. The van der Waals surface area contributed by atoms with Gasteiger partial charge in [0.05, 0.1) is 34.8 Å². The molecule has 1 aliphatic heterocycles. The lowest BCUT2D eigenvalue weighted by Crippen LogP contribution is -2.34. The van der Waals surface area contributed by atoms with Crippen molar-refractivity contribution in [3.8, 4) is 0 Å². The van der Waals surface area contributed by atoms with Gasteiger partial charge < -0.3 is 15.4 Å². The molecule has 0 spiro atoms. The van der Waals surface area contributed by atoms with Gasteiger partial charge in [0, 0.05) is 25.3 Å². The van der Waals surface area contributed by atoms with Gasteiger partial charge >= 0.3 is 6.18 Å². The van der Waals surface area contributed by atoms with E-state index in [0.29, 0.717) is 43.1 Å². The molecule has 2 N–H and O–H groups in total. The number of nitrogens with zero attached hydrogens (tertiary/aromatic N) is 2. The molecule has 40 heavy (non-hydrogen) atoms. The number of pyridine rings is 1. The van der Waals surface area contributed by atoms with Crippen LogP contribution in [0.1, 0.15) is 54.4 Å². The zero-order valence-electron chi connectivity index (χ0n) is 22.3. The van der Waals surface area contributed by atoms with Gasteiger partial charge in [-0.3, -0.25) is 4.79 Å². The third-order valence-electron chi connectivity index (χ3n) is 7.27. The number of alkyl halides is 3. The minimum atomic E-state index is -4.39. The molecule has 3 atom stereocenters. The zero-order valence-corrected chi connectivity index (χ0v) is 23.1. The number of anilines is 1. The van der Waals surface area contributed by atoms with Crippen molar-refractivity contribution in [1.82, 2.24) is 4.98 Å². The third kappa shape index (κ3) is 6.47. The summed E-state index contributed by atoms with van der Waals surface area (Å²) < 4.78 is 69.1. The van der Waals surface area contributed by atoms with E-state index in [0.717, 1.165) is 17.7 Å². The van der Waals surface area contributed by atoms with Crippen molar-refractivity contribution in [2.24, 2.45) is 5.73 Å². The molecule has 0 aliphatic carbocycles. The van der Waals surface area contributed by atoms with Crippen molar-refractivity contribution in [2.45, 2.75) is 49.2 Å². The highest BCUT2D eigenvalue weighted by molar-refractivity contribution is 7.91. The number of hydrogen-bond donors (Lipinski definition) is 1. The van der Waals surface area contributed by atoms with E-state index in [1.54, 1.807) is 37.4 Å². The van der Waals surface area contributed by atoms with Crippen molar-refractivity contribution in [2.75, 3.05) is 30.4 Å². The molecule has 0 bridgehead atoms. The van der Waals surface area contributed by atoms with E-state index in [4.69, 9.17) is 10.5 Å². The molecule has 4 rings (SSSR count). The van der Waals surface area contributed by atoms with E-state index in [9.17, 15) is 26.4 Å². The number of halogens is 3. The number of primary amides is 1. The number of sulfone groups is 1. The quantitative estimate of drug-likeness (QED) is 0.369. The van der Waals surface area contributed by atoms with Crippen LogP contribution in [-0.4, -0.2) is 50.9 Å². The van der Waals surface area contributed by atoms with E-state index in [1.807, 2.05) is 6.92 Å². The van der Waals surface area contributed by atoms with Gasteiger partial charge in [-0.2, -0.15) is 13.2 Å². The van der Waals surface area contributed by atoms with Crippen LogP contribution in [0.15, 0.2) is 71.8 Å². The summed E-state index contributed by atoms with van der Waals surface area (Å²) in [5.41, 5.74) is 6.97. The fourth-order valence-corrected chi connectivity index (χ4v) is 5.97. The summed E-state index contributed by atoms with van der Waals surface area (Å²) in [7, 11) is -3.38. The molecular weight excluding hydrogens is 543 g/mol. The predicted octanol–water partition coefficient (Wildman–Crippen LogP) is 4.91. The molecule has 1 saturated heterocycles. The number of aromatic nitrogens is 1. The lowest BCUT2D eigenvalue weighted by Gasteiger charge is -2.26. The lowest BCUT2D eigenvalue weighted by molar-refractivity contribution is -0.137. The summed E-state index contributed by atoms with van der Waals surface area (Å²) >= 11 is 0. The Bertz CT molecular complexity index is 1410. The highest BCUT2D eigenvalue weighted by Gasteiger charge is 2.35. The second-order valence-electron chi connectivity index (χ2n) is 9.78. The summed E-state index contributed by atoms with van der Waals surface area (Å²) in [5, 5.41) is 0. The summed E-state index contributed by atoms with van der Waals surface area (Å²) in [6, 6.07) is 14.9. The Labute approximate surface area is 232 Å². The largest absolute Gasteiger partial charge is 0.416 e. The first kappa shape index (κ1) is 29.5. The molecular formula is C29H32F3N3O4S. The molecule has 0 radical (unpaired) electrons.